The number of amides is 2. The average Bonchev–Trinajstić information content (AvgIpc) is 3.41. The summed E-state index contributed by atoms with van der Waals surface area (Å²) in [7, 11) is -2.05. The fourth-order valence-electron chi connectivity index (χ4n) is 4.51. The summed E-state index contributed by atoms with van der Waals surface area (Å²) in [5.41, 5.74) is 4.10. The first-order chi connectivity index (χ1) is 15.8. The third kappa shape index (κ3) is 4.25. The molecular formula is C23H23FN4O3S2. The number of halogens is 1. The van der Waals surface area contributed by atoms with Gasteiger partial charge >= 0.3 is 6.03 Å². The molecule has 1 aliphatic carbocycles. The number of anilines is 1. The van der Waals surface area contributed by atoms with Gasteiger partial charge in [0.25, 0.3) is 10.0 Å². The first kappa shape index (κ1) is 22.0. The fourth-order valence-corrected chi connectivity index (χ4v) is 6.96. The maximum Gasteiger partial charge on any atom is 0.333 e. The standard InChI is InChI=1S/C23H23FN4O3S2/c1-28-11-9-19-15(13-28)12-20(32-19)33(30,31)27-23(29)26-21-16-5-2-4-14(16)7-8-17(21)18-6-3-10-25-22(18)24/h3,6-8,10,12H,2,4-5,9,11,13H2,1H3,(H2,26,27,29). The van der Waals surface area contributed by atoms with Gasteiger partial charge in [-0.3, -0.25) is 0 Å². The predicted molar refractivity (Wildman–Crippen MR) is 125 cm³/mol. The molecule has 0 spiro atoms. The molecule has 0 saturated carbocycles. The van der Waals surface area contributed by atoms with Crippen LogP contribution in [0.3, 0.4) is 0 Å². The number of pyridine rings is 1. The van der Waals surface area contributed by atoms with Gasteiger partial charge in [0.2, 0.25) is 5.95 Å². The molecule has 2 amide bonds. The Morgan fingerprint density at radius 3 is 2.82 bits per heavy atom. The average molecular weight is 487 g/mol. The number of thiophene rings is 1. The van der Waals surface area contributed by atoms with Crippen molar-refractivity contribution >= 4 is 33.1 Å². The summed E-state index contributed by atoms with van der Waals surface area (Å²) < 4.78 is 42.6. The zero-order valence-corrected chi connectivity index (χ0v) is 19.7. The molecule has 7 nitrogen and oxygen atoms in total. The summed E-state index contributed by atoms with van der Waals surface area (Å²) in [5, 5.41) is 2.70. The van der Waals surface area contributed by atoms with E-state index in [1.807, 2.05) is 13.1 Å². The molecule has 2 N–H and O–H groups in total. The molecule has 0 fully saturated rings. The van der Waals surface area contributed by atoms with Gasteiger partial charge < -0.3 is 10.2 Å². The predicted octanol–water partition coefficient (Wildman–Crippen LogP) is 3.94. The van der Waals surface area contributed by atoms with Crippen LogP contribution < -0.4 is 10.0 Å². The largest absolute Gasteiger partial charge is 0.333 e. The monoisotopic (exact) mass is 486 g/mol. The van der Waals surface area contributed by atoms with Crippen LogP contribution in [0, 0.1) is 5.95 Å². The van der Waals surface area contributed by atoms with E-state index in [-0.39, 0.29) is 9.77 Å². The Bertz CT molecular complexity index is 1350. The highest BCUT2D eigenvalue weighted by atomic mass is 32.2. The van der Waals surface area contributed by atoms with Crippen molar-refractivity contribution in [3.8, 4) is 11.1 Å². The van der Waals surface area contributed by atoms with Crippen LogP contribution in [0.25, 0.3) is 11.1 Å². The van der Waals surface area contributed by atoms with E-state index < -0.39 is 22.0 Å². The molecule has 0 radical (unpaired) electrons. The number of likely N-dealkylation sites (N-methyl/N-ethyl adjacent to an activating group) is 1. The van der Waals surface area contributed by atoms with Gasteiger partial charge in [-0.05, 0) is 67.6 Å². The Kier molecular flexibility index (Phi) is 5.67. The lowest BCUT2D eigenvalue weighted by molar-refractivity contribution is 0.256. The van der Waals surface area contributed by atoms with Crippen molar-refractivity contribution in [2.45, 2.75) is 36.4 Å². The molecule has 10 heteroatoms. The van der Waals surface area contributed by atoms with Crippen molar-refractivity contribution < 1.29 is 17.6 Å². The van der Waals surface area contributed by atoms with Crippen LogP contribution in [0.2, 0.25) is 0 Å². The van der Waals surface area contributed by atoms with Gasteiger partial charge in [-0.15, -0.1) is 11.3 Å². The number of sulfonamides is 1. The van der Waals surface area contributed by atoms with Gasteiger partial charge in [-0.25, -0.2) is 22.9 Å². The van der Waals surface area contributed by atoms with E-state index in [0.717, 1.165) is 53.8 Å². The summed E-state index contributed by atoms with van der Waals surface area (Å²) in [6, 6.07) is 7.66. The first-order valence-corrected chi connectivity index (χ1v) is 13.0. The van der Waals surface area contributed by atoms with Crippen LogP contribution >= 0.6 is 11.3 Å². The molecule has 172 valence electrons. The van der Waals surface area contributed by atoms with Crippen LogP contribution in [-0.2, 0) is 35.8 Å². The Morgan fingerprint density at radius 1 is 1.15 bits per heavy atom. The van der Waals surface area contributed by atoms with E-state index in [1.54, 1.807) is 24.3 Å². The number of carbonyl (C=O) groups excluding carboxylic acids is 1. The van der Waals surface area contributed by atoms with Gasteiger partial charge in [-0.1, -0.05) is 12.1 Å². The van der Waals surface area contributed by atoms with Gasteiger partial charge in [0.15, 0.2) is 0 Å². The van der Waals surface area contributed by atoms with Crippen molar-refractivity contribution in [3.63, 3.8) is 0 Å². The smallest absolute Gasteiger partial charge is 0.306 e. The lowest BCUT2D eigenvalue weighted by Crippen LogP contribution is -2.34. The topological polar surface area (TPSA) is 91.4 Å². The highest BCUT2D eigenvalue weighted by Crippen LogP contribution is 2.38. The van der Waals surface area contributed by atoms with Crippen LogP contribution in [-0.4, -0.2) is 37.9 Å². The third-order valence-corrected chi connectivity index (χ3v) is 9.14. The number of aryl methyl sites for hydroxylation is 1. The molecule has 2 aliphatic rings. The van der Waals surface area contributed by atoms with E-state index in [0.29, 0.717) is 17.8 Å². The van der Waals surface area contributed by atoms with Crippen molar-refractivity contribution in [1.29, 1.82) is 0 Å². The number of hydrogen-bond donors (Lipinski definition) is 2. The molecule has 5 rings (SSSR count). The Balaban J connectivity index is 1.44. The Hall–Kier alpha value is -2.82. The molecule has 1 aliphatic heterocycles. The summed E-state index contributed by atoms with van der Waals surface area (Å²) in [6.45, 7) is 1.55. The van der Waals surface area contributed by atoms with Crippen LogP contribution in [0.1, 0.15) is 28.0 Å². The Labute approximate surface area is 195 Å². The number of nitrogens with zero attached hydrogens (tertiary/aromatic N) is 2. The number of fused-ring (bicyclic) bond motifs is 2. The van der Waals surface area contributed by atoms with E-state index in [9.17, 15) is 17.6 Å². The molecule has 0 atom stereocenters. The second kappa shape index (κ2) is 8.51. The molecule has 33 heavy (non-hydrogen) atoms. The quantitative estimate of drug-likeness (QED) is 0.545. The van der Waals surface area contributed by atoms with Gasteiger partial charge in [0, 0.05) is 35.3 Å². The van der Waals surface area contributed by atoms with Gasteiger partial charge in [0.1, 0.15) is 4.21 Å². The first-order valence-electron chi connectivity index (χ1n) is 10.7. The highest BCUT2D eigenvalue weighted by Gasteiger charge is 2.27. The van der Waals surface area contributed by atoms with Crippen LogP contribution in [0.15, 0.2) is 40.7 Å². The SMILES string of the molecule is CN1CCc2sc(S(=O)(=O)NC(=O)Nc3c(-c4cccnc4F)ccc4c3CCC4)cc2C1. The normalized spacial score (nSPS) is 15.7. The molecule has 1 aromatic carbocycles. The zero-order valence-electron chi connectivity index (χ0n) is 18.0. The molecule has 0 bridgehead atoms. The maximum absolute atomic E-state index is 14.4. The highest BCUT2D eigenvalue weighted by molar-refractivity contribution is 7.92. The lowest BCUT2D eigenvalue weighted by atomic mass is 9.98. The molecule has 0 saturated heterocycles. The number of nitrogens with one attached hydrogen (secondary N) is 2. The number of carbonyl (C=O) groups is 1. The number of rotatable bonds is 4. The molecule has 2 aromatic heterocycles. The zero-order chi connectivity index (χ0) is 23.2. The van der Waals surface area contributed by atoms with E-state index in [1.165, 1.54) is 17.5 Å². The molecule has 3 aromatic rings. The third-order valence-electron chi connectivity index (χ3n) is 6.10. The fraction of sp³-hybridized carbons (Fsp3) is 0.304. The van der Waals surface area contributed by atoms with Crippen molar-refractivity contribution in [2.75, 3.05) is 18.9 Å². The van der Waals surface area contributed by atoms with Crippen LogP contribution in [0.5, 0.6) is 0 Å². The molecule has 3 heterocycles. The van der Waals surface area contributed by atoms with Crippen molar-refractivity contribution in [1.82, 2.24) is 14.6 Å². The van der Waals surface area contributed by atoms with E-state index >= 15 is 0 Å². The summed E-state index contributed by atoms with van der Waals surface area (Å²) >= 11 is 1.20. The van der Waals surface area contributed by atoms with Gasteiger partial charge in [-0.2, -0.15) is 4.39 Å². The second-order valence-corrected chi connectivity index (χ2v) is 11.4. The van der Waals surface area contributed by atoms with Crippen LogP contribution in [0.4, 0.5) is 14.9 Å². The Morgan fingerprint density at radius 2 is 2.00 bits per heavy atom. The summed E-state index contributed by atoms with van der Waals surface area (Å²) in [4.78, 5) is 19.7. The lowest BCUT2D eigenvalue weighted by Gasteiger charge is -2.21. The number of urea groups is 1. The van der Waals surface area contributed by atoms with E-state index in [4.69, 9.17) is 0 Å². The van der Waals surface area contributed by atoms with Gasteiger partial charge in [0.05, 0.1) is 5.69 Å². The van der Waals surface area contributed by atoms with Crippen molar-refractivity contribution in [3.05, 3.63) is 64.0 Å². The number of benzene rings is 1. The summed E-state index contributed by atoms with van der Waals surface area (Å²) in [6.07, 6.45) is 4.64. The minimum Gasteiger partial charge on any atom is -0.306 e. The minimum absolute atomic E-state index is 0.120. The van der Waals surface area contributed by atoms with Crippen molar-refractivity contribution in [2.24, 2.45) is 0 Å². The maximum atomic E-state index is 14.4. The number of hydrogen-bond acceptors (Lipinski definition) is 6. The second-order valence-electron chi connectivity index (χ2n) is 8.38. The molecule has 0 unspecified atom stereocenters. The van der Waals surface area contributed by atoms with E-state index in [2.05, 4.69) is 19.9 Å². The summed E-state index contributed by atoms with van der Waals surface area (Å²) in [5.74, 6) is -0.652. The molecular weight excluding hydrogens is 463 g/mol. The minimum atomic E-state index is -4.04. The number of aromatic nitrogens is 1.